The van der Waals surface area contributed by atoms with Crippen molar-refractivity contribution in [3.05, 3.63) is 28.5 Å². The van der Waals surface area contributed by atoms with E-state index in [1.165, 1.54) is 0 Å². The summed E-state index contributed by atoms with van der Waals surface area (Å²) in [6.07, 6.45) is 1.99. The van der Waals surface area contributed by atoms with Crippen LogP contribution in [0.5, 0.6) is 0 Å². The lowest BCUT2D eigenvalue weighted by Crippen LogP contribution is -2.06. The molecule has 1 N–H and O–H groups in total. The maximum atomic E-state index is 9.07. The lowest BCUT2D eigenvalue weighted by atomic mass is 10.2. The zero-order chi connectivity index (χ0) is 8.27. The summed E-state index contributed by atoms with van der Waals surface area (Å²) >= 11 is 3.35. The van der Waals surface area contributed by atoms with Gasteiger partial charge < -0.3 is 5.11 Å². The van der Waals surface area contributed by atoms with E-state index in [0.717, 1.165) is 10.2 Å². The molecule has 11 heavy (non-hydrogen) atoms. The van der Waals surface area contributed by atoms with E-state index in [9.17, 15) is 0 Å². The summed E-state index contributed by atoms with van der Waals surface area (Å²) in [5, 5.41) is 9.07. The van der Waals surface area contributed by atoms with Gasteiger partial charge in [0.05, 0.1) is 11.8 Å². The van der Waals surface area contributed by atoms with Gasteiger partial charge in [-0.1, -0.05) is 0 Å². The molecule has 0 bridgehead atoms. The van der Waals surface area contributed by atoms with Gasteiger partial charge in [-0.15, -0.1) is 0 Å². The second kappa shape index (κ2) is 3.83. The third-order valence-electron chi connectivity index (χ3n) is 1.32. The molecule has 0 aromatic carbocycles. The van der Waals surface area contributed by atoms with Gasteiger partial charge >= 0.3 is 0 Å². The molecule has 1 aromatic rings. The number of nitrogens with zero attached hydrogens (tertiary/aromatic N) is 1. The lowest BCUT2D eigenvalue weighted by molar-refractivity contribution is 0.194. The first-order valence-corrected chi connectivity index (χ1v) is 4.27. The van der Waals surface area contributed by atoms with E-state index in [0.29, 0.717) is 6.42 Å². The minimum Gasteiger partial charge on any atom is -0.393 e. The Morgan fingerprint density at radius 1 is 1.73 bits per heavy atom. The normalized spacial score (nSPS) is 13.0. The van der Waals surface area contributed by atoms with Crippen LogP contribution in [0.1, 0.15) is 12.6 Å². The molecular weight excluding hydrogens is 206 g/mol. The summed E-state index contributed by atoms with van der Waals surface area (Å²) in [7, 11) is 0. The summed E-state index contributed by atoms with van der Waals surface area (Å²) in [6, 6.07) is 3.78. The largest absolute Gasteiger partial charge is 0.393 e. The monoisotopic (exact) mass is 215 g/mol. The van der Waals surface area contributed by atoms with Crippen LogP contribution in [0.3, 0.4) is 0 Å². The lowest BCUT2D eigenvalue weighted by Gasteiger charge is -2.04. The molecule has 0 aliphatic rings. The van der Waals surface area contributed by atoms with Crippen molar-refractivity contribution in [3.8, 4) is 0 Å². The topological polar surface area (TPSA) is 33.1 Å². The number of pyridine rings is 1. The number of aromatic nitrogens is 1. The predicted octanol–water partition coefficient (Wildman–Crippen LogP) is 1.77. The van der Waals surface area contributed by atoms with Crippen molar-refractivity contribution >= 4 is 15.9 Å². The summed E-state index contributed by atoms with van der Waals surface area (Å²) in [5.41, 5.74) is 0.905. The van der Waals surface area contributed by atoms with Crippen molar-refractivity contribution < 1.29 is 5.11 Å². The molecule has 1 aromatic heterocycles. The SMILES string of the molecule is C[C@H](O)Cc1ncccc1Br. The predicted molar refractivity (Wildman–Crippen MR) is 47.3 cm³/mol. The number of hydrogen-bond donors (Lipinski definition) is 1. The Hall–Kier alpha value is -0.410. The molecule has 3 heteroatoms. The van der Waals surface area contributed by atoms with Crippen molar-refractivity contribution in [3.63, 3.8) is 0 Å². The summed E-state index contributed by atoms with van der Waals surface area (Å²) < 4.78 is 0.959. The second-order valence-corrected chi connectivity index (χ2v) is 3.34. The Balaban J connectivity index is 2.78. The Bertz CT molecular complexity index is 237. The van der Waals surface area contributed by atoms with E-state index < -0.39 is 0 Å². The number of aliphatic hydroxyl groups is 1. The molecule has 0 aliphatic carbocycles. The standard InChI is InChI=1S/C8H10BrNO/c1-6(11)5-8-7(9)3-2-4-10-8/h2-4,6,11H,5H2,1H3/t6-/m0/s1. The first-order valence-electron chi connectivity index (χ1n) is 3.47. The summed E-state index contributed by atoms with van der Waals surface area (Å²) in [5.74, 6) is 0. The van der Waals surface area contributed by atoms with Crippen molar-refractivity contribution in [2.24, 2.45) is 0 Å². The van der Waals surface area contributed by atoms with Crippen LogP contribution in [-0.2, 0) is 6.42 Å². The Morgan fingerprint density at radius 3 is 3.00 bits per heavy atom. The van der Waals surface area contributed by atoms with Crippen LogP contribution in [0.2, 0.25) is 0 Å². The molecule has 0 spiro atoms. The molecule has 0 aliphatic heterocycles. The van der Waals surface area contributed by atoms with E-state index in [1.54, 1.807) is 13.1 Å². The first-order chi connectivity index (χ1) is 5.20. The molecule has 60 valence electrons. The van der Waals surface area contributed by atoms with Gasteiger partial charge in [0.1, 0.15) is 0 Å². The van der Waals surface area contributed by atoms with Crippen molar-refractivity contribution in [2.75, 3.05) is 0 Å². The van der Waals surface area contributed by atoms with Crippen LogP contribution < -0.4 is 0 Å². The summed E-state index contributed by atoms with van der Waals surface area (Å²) in [4.78, 5) is 4.11. The van der Waals surface area contributed by atoms with E-state index in [2.05, 4.69) is 20.9 Å². The maximum absolute atomic E-state index is 9.07. The molecule has 0 saturated carbocycles. The molecule has 1 heterocycles. The molecule has 0 unspecified atom stereocenters. The van der Waals surface area contributed by atoms with Gasteiger partial charge in [-0.05, 0) is 35.0 Å². The van der Waals surface area contributed by atoms with E-state index in [1.807, 2.05) is 12.1 Å². The fourth-order valence-corrected chi connectivity index (χ4v) is 1.27. The average Bonchev–Trinajstić information content (AvgIpc) is 1.93. The smallest absolute Gasteiger partial charge is 0.0571 e. The van der Waals surface area contributed by atoms with Gasteiger partial charge in [0.2, 0.25) is 0 Å². The summed E-state index contributed by atoms with van der Waals surface area (Å²) in [6.45, 7) is 1.75. The number of halogens is 1. The van der Waals surface area contributed by atoms with Crippen LogP contribution in [0.15, 0.2) is 22.8 Å². The minimum absolute atomic E-state index is 0.332. The zero-order valence-electron chi connectivity index (χ0n) is 6.29. The van der Waals surface area contributed by atoms with E-state index in [4.69, 9.17) is 5.11 Å². The van der Waals surface area contributed by atoms with Gasteiger partial charge in [0.15, 0.2) is 0 Å². The second-order valence-electron chi connectivity index (χ2n) is 2.49. The van der Waals surface area contributed by atoms with Crippen LogP contribution in [0, 0.1) is 0 Å². The third-order valence-corrected chi connectivity index (χ3v) is 2.05. The average molecular weight is 216 g/mol. The van der Waals surface area contributed by atoms with Crippen molar-refractivity contribution in [1.29, 1.82) is 0 Å². The highest BCUT2D eigenvalue weighted by Gasteiger charge is 2.02. The van der Waals surface area contributed by atoms with Gasteiger partial charge in [-0.3, -0.25) is 4.98 Å². The highest BCUT2D eigenvalue weighted by molar-refractivity contribution is 9.10. The van der Waals surface area contributed by atoms with Gasteiger partial charge in [-0.2, -0.15) is 0 Å². The quantitative estimate of drug-likeness (QED) is 0.817. The molecule has 0 fully saturated rings. The molecule has 0 amide bonds. The fraction of sp³-hybridized carbons (Fsp3) is 0.375. The molecular formula is C8H10BrNO. The number of aliphatic hydroxyl groups excluding tert-OH is 1. The minimum atomic E-state index is -0.332. The van der Waals surface area contributed by atoms with Gasteiger partial charge in [-0.25, -0.2) is 0 Å². The molecule has 2 nitrogen and oxygen atoms in total. The van der Waals surface area contributed by atoms with Crippen LogP contribution in [-0.4, -0.2) is 16.2 Å². The highest BCUT2D eigenvalue weighted by atomic mass is 79.9. The van der Waals surface area contributed by atoms with Crippen LogP contribution >= 0.6 is 15.9 Å². The maximum Gasteiger partial charge on any atom is 0.0571 e. The van der Waals surface area contributed by atoms with Gasteiger partial charge in [0, 0.05) is 17.1 Å². The molecule has 0 saturated heterocycles. The van der Waals surface area contributed by atoms with Crippen LogP contribution in [0.4, 0.5) is 0 Å². The van der Waals surface area contributed by atoms with E-state index in [-0.39, 0.29) is 6.10 Å². The van der Waals surface area contributed by atoms with Crippen molar-refractivity contribution in [2.45, 2.75) is 19.4 Å². The van der Waals surface area contributed by atoms with Gasteiger partial charge in [0.25, 0.3) is 0 Å². The Labute approximate surface area is 74.4 Å². The molecule has 1 atom stereocenters. The van der Waals surface area contributed by atoms with Crippen molar-refractivity contribution in [1.82, 2.24) is 4.98 Å². The highest BCUT2D eigenvalue weighted by Crippen LogP contribution is 2.14. The Morgan fingerprint density at radius 2 is 2.45 bits per heavy atom. The molecule has 0 radical (unpaired) electrons. The molecule has 1 rings (SSSR count). The number of rotatable bonds is 2. The number of hydrogen-bond acceptors (Lipinski definition) is 2. The Kier molecular flexibility index (Phi) is 3.02. The fourth-order valence-electron chi connectivity index (χ4n) is 0.848. The zero-order valence-corrected chi connectivity index (χ0v) is 7.87. The first kappa shape index (κ1) is 8.68. The van der Waals surface area contributed by atoms with Crippen LogP contribution in [0.25, 0.3) is 0 Å². The van der Waals surface area contributed by atoms with E-state index >= 15 is 0 Å². The third kappa shape index (κ3) is 2.60.